The number of esters is 1. The molecule has 1 aromatic carbocycles. The molecule has 30 heavy (non-hydrogen) atoms. The first-order chi connectivity index (χ1) is 14.6. The van der Waals surface area contributed by atoms with Gasteiger partial charge in [-0.1, -0.05) is 18.9 Å². The summed E-state index contributed by atoms with van der Waals surface area (Å²) in [7, 11) is 4.51. The summed E-state index contributed by atoms with van der Waals surface area (Å²) in [5, 5.41) is 3.45. The topological polar surface area (TPSA) is 73.9 Å². The van der Waals surface area contributed by atoms with Crippen molar-refractivity contribution in [2.24, 2.45) is 0 Å². The Bertz CT molecular complexity index is 947. The van der Waals surface area contributed by atoms with E-state index >= 15 is 0 Å². The summed E-state index contributed by atoms with van der Waals surface area (Å²) in [6.07, 6.45) is 9.40. The fourth-order valence-corrected chi connectivity index (χ4v) is 4.89. The van der Waals surface area contributed by atoms with Crippen molar-refractivity contribution in [1.82, 2.24) is 0 Å². The molecule has 0 atom stereocenters. The number of amides is 1. The van der Waals surface area contributed by atoms with Crippen molar-refractivity contribution >= 4 is 34.3 Å². The average Bonchev–Trinajstić information content (AvgIpc) is 3.07. The van der Waals surface area contributed by atoms with Crippen LogP contribution in [0.4, 0.5) is 5.00 Å². The van der Waals surface area contributed by atoms with Gasteiger partial charge in [0.15, 0.2) is 11.5 Å². The number of rotatable bonds is 6. The number of hydrogen-bond donors (Lipinski definition) is 1. The third kappa shape index (κ3) is 5.02. The highest BCUT2D eigenvalue weighted by Gasteiger charge is 2.25. The molecule has 0 saturated heterocycles. The number of benzene rings is 1. The summed E-state index contributed by atoms with van der Waals surface area (Å²) in [6, 6.07) is 5.41. The molecule has 0 fully saturated rings. The molecule has 7 heteroatoms. The van der Waals surface area contributed by atoms with Gasteiger partial charge in [0.2, 0.25) is 5.91 Å². The Kier molecular flexibility index (Phi) is 7.52. The predicted octanol–water partition coefficient (Wildman–Crippen LogP) is 4.86. The molecular formula is C23H27NO5S. The molecule has 0 unspecified atom stereocenters. The summed E-state index contributed by atoms with van der Waals surface area (Å²) in [5.41, 5.74) is 2.34. The van der Waals surface area contributed by atoms with E-state index in [1.165, 1.54) is 35.8 Å². The fraction of sp³-hybridized carbons (Fsp3) is 0.391. The molecule has 3 rings (SSSR count). The molecule has 1 heterocycles. The van der Waals surface area contributed by atoms with Gasteiger partial charge in [-0.25, -0.2) is 4.79 Å². The number of carbonyl (C=O) groups is 2. The van der Waals surface area contributed by atoms with Crippen molar-refractivity contribution in [1.29, 1.82) is 0 Å². The normalized spacial score (nSPS) is 13.8. The molecule has 0 saturated carbocycles. The average molecular weight is 430 g/mol. The standard InChI is InChI=1S/C23H27NO5S/c1-27-17-12-10-15(14-18(17)28-2)11-13-20(25)24-22-21(23(26)29-3)16-8-6-4-5-7-9-19(16)30-22/h10-14H,4-9H2,1-3H3,(H,24,25)/b13-11+. The summed E-state index contributed by atoms with van der Waals surface area (Å²) >= 11 is 1.49. The lowest BCUT2D eigenvalue weighted by atomic mass is 9.96. The Balaban J connectivity index is 1.81. The van der Waals surface area contributed by atoms with Crippen LogP contribution in [0, 0.1) is 0 Å². The zero-order valence-electron chi connectivity index (χ0n) is 17.6. The van der Waals surface area contributed by atoms with Crippen molar-refractivity contribution in [2.45, 2.75) is 38.5 Å². The molecule has 0 radical (unpaired) electrons. The van der Waals surface area contributed by atoms with E-state index in [0.717, 1.165) is 43.2 Å². The number of nitrogens with one attached hydrogen (secondary N) is 1. The van der Waals surface area contributed by atoms with Gasteiger partial charge in [-0.2, -0.15) is 0 Å². The minimum Gasteiger partial charge on any atom is -0.493 e. The lowest BCUT2D eigenvalue weighted by molar-refractivity contribution is -0.111. The molecule has 2 aromatic rings. The molecule has 0 aliphatic heterocycles. The fourth-order valence-electron chi connectivity index (χ4n) is 3.61. The number of carbonyl (C=O) groups excluding carboxylic acids is 2. The van der Waals surface area contributed by atoms with E-state index in [-0.39, 0.29) is 5.91 Å². The summed E-state index contributed by atoms with van der Waals surface area (Å²) in [6.45, 7) is 0. The number of aryl methyl sites for hydroxylation is 1. The first kappa shape index (κ1) is 21.9. The Morgan fingerprint density at radius 2 is 1.73 bits per heavy atom. The van der Waals surface area contributed by atoms with Gasteiger partial charge >= 0.3 is 5.97 Å². The second-order valence-corrected chi connectivity index (χ2v) is 8.16. The summed E-state index contributed by atoms with van der Waals surface area (Å²) in [4.78, 5) is 26.2. The zero-order valence-corrected chi connectivity index (χ0v) is 18.4. The van der Waals surface area contributed by atoms with Crippen LogP contribution in [0.5, 0.6) is 11.5 Å². The number of fused-ring (bicyclic) bond motifs is 1. The van der Waals surface area contributed by atoms with Crippen LogP contribution < -0.4 is 14.8 Å². The smallest absolute Gasteiger partial charge is 0.341 e. The minimum atomic E-state index is -0.396. The summed E-state index contributed by atoms with van der Waals surface area (Å²) < 4.78 is 15.5. The van der Waals surface area contributed by atoms with E-state index in [1.807, 2.05) is 6.07 Å². The van der Waals surface area contributed by atoms with Gasteiger partial charge in [0.1, 0.15) is 5.00 Å². The van der Waals surface area contributed by atoms with Gasteiger partial charge < -0.3 is 19.5 Å². The molecule has 160 valence electrons. The van der Waals surface area contributed by atoms with Crippen LogP contribution in [0.3, 0.4) is 0 Å². The Labute approximate surface area is 180 Å². The van der Waals surface area contributed by atoms with Gasteiger partial charge in [0.25, 0.3) is 0 Å². The SMILES string of the molecule is COC(=O)c1c(NC(=O)/C=C/c2ccc(OC)c(OC)c2)sc2c1CCCCCC2. The lowest BCUT2D eigenvalue weighted by Crippen LogP contribution is -2.12. The first-order valence-corrected chi connectivity index (χ1v) is 10.8. The maximum Gasteiger partial charge on any atom is 0.341 e. The highest BCUT2D eigenvalue weighted by atomic mass is 32.1. The van der Waals surface area contributed by atoms with Crippen LogP contribution in [0.1, 0.15) is 52.0 Å². The Morgan fingerprint density at radius 3 is 2.43 bits per heavy atom. The van der Waals surface area contributed by atoms with E-state index in [1.54, 1.807) is 32.4 Å². The molecule has 1 aliphatic rings. The molecule has 1 aliphatic carbocycles. The van der Waals surface area contributed by atoms with E-state index in [9.17, 15) is 9.59 Å². The van der Waals surface area contributed by atoms with E-state index in [4.69, 9.17) is 14.2 Å². The van der Waals surface area contributed by atoms with Crippen molar-refractivity contribution in [3.63, 3.8) is 0 Å². The largest absolute Gasteiger partial charge is 0.493 e. The van der Waals surface area contributed by atoms with Crippen LogP contribution in [0.25, 0.3) is 6.08 Å². The van der Waals surface area contributed by atoms with Gasteiger partial charge in [-0.3, -0.25) is 4.79 Å². The van der Waals surface area contributed by atoms with Crippen LogP contribution in [0.2, 0.25) is 0 Å². The van der Waals surface area contributed by atoms with Crippen molar-refractivity contribution in [3.8, 4) is 11.5 Å². The second-order valence-electron chi connectivity index (χ2n) is 7.05. The molecule has 1 aromatic heterocycles. The van der Waals surface area contributed by atoms with E-state index in [2.05, 4.69) is 5.32 Å². The van der Waals surface area contributed by atoms with Crippen LogP contribution >= 0.6 is 11.3 Å². The molecule has 0 bridgehead atoms. The van der Waals surface area contributed by atoms with Gasteiger partial charge in [0.05, 0.1) is 26.9 Å². The molecule has 1 amide bonds. The van der Waals surface area contributed by atoms with Crippen molar-refractivity contribution < 1.29 is 23.8 Å². The minimum absolute atomic E-state index is 0.302. The van der Waals surface area contributed by atoms with Crippen LogP contribution in [-0.2, 0) is 22.4 Å². The quantitative estimate of drug-likeness (QED) is 0.524. The third-order valence-electron chi connectivity index (χ3n) is 5.13. The highest BCUT2D eigenvalue weighted by Crippen LogP contribution is 2.37. The number of methoxy groups -OCH3 is 3. The van der Waals surface area contributed by atoms with Crippen molar-refractivity contribution in [2.75, 3.05) is 26.6 Å². The maximum atomic E-state index is 12.6. The number of hydrogen-bond acceptors (Lipinski definition) is 6. The lowest BCUT2D eigenvalue weighted by Gasteiger charge is -2.10. The first-order valence-electron chi connectivity index (χ1n) is 10.0. The molecule has 1 N–H and O–H groups in total. The molecule has 0 spiro atoms. The molecule has 6 nitrogen and oxygen atoms in total. The van der Waals surface area contributed by atoms with Crippen LogP contribution in [-0.4, -0.2) is 33.2 Å². The van der Waals surface area contributed by atoms with Crippen LogP contribution in [0.15, 0.2) is 24.3 Å². The second kappa shape index (κ2) is 10.3. The maximum absolute atomic E-state index is 12.6. The predicted molar refractivity (Wildman–Crippen MR) is 119 cm³/mol. The Hall–Kier alpha value is -2.80. The number of anilines is 1. The number of ether oxygens (including phenoxy) is 3. The Morgan fingerprint density at radius 1 is 1.00 bits per heavy atom. The highest BCUT2D eigenvalue weighted by molar-refractivity contribution is 7.17. The van der Waals surface area contributed by atoms with E-state index < -0.39 is 5.97 Å². The van der Waals surface area contributed by atoms with Gasteiger partial charge in [0, 0.05) is 11.0 Å². The van der Waals surface area contributed by atoms with E-state index in [0.29, 0.717) is 22.1 Å². The molecular weight excluding hydrogens is 402 g/mol. The van der Waals surface area contributed by atoms with Gasteiger partial charge in [-0.15, -0.1) is 11.3 Å². The summed E-state index contributed by atoms with van der Waals surface area (Å²) in [5.74, 6) is 0.514. The third-order valence-corrected chi connectivity index (χ3v) is 6.34. The van der Waals surface area contributed by atoms with Crippen molar-refractivity contribution in [3.05, 3.63) is 45.8 Å². The monoisotopic (exact) mass is 429 g/mol. The van der Waals surface area contributed by atoms with Gasteiger partial charge in [-0.05, 0) is 55.0 Å². The number of thiophene rings is 1. The zero-order chi connectivity index (χ0) is 21.5.